The molecule has 0 aliphatic heterocycles. The summed E-state index contributed by atoms with van der Waals surface area (Å²) in [6.45, 7) is 0. The van der Waals surface area contributed by atoms with Crippen LogP contribution in [0.15, 0.2) is 16.6 Å². The van der Waals surface area contributed by atoms with Crippen molar-refractivity contribution >= 4 is 21.6 Å². The highest BCUT2D eigenvalue weighted by Gasteiger charge is 2.22. The van der Waals surface area contributed by atoms with E-state index >= 15 is 0 Å². The molecule has 70 valence electrons. The lowest BCUT2D eigenvalue weighted by molar-refractivity contribution is -0.386. The third-order valence-electron chi connectivity index (χ3n) is 1.42. The van der Waals surface area contributed by atoms with E-state index in [1.807, 2.05) is 0 Å². The number of nitrogens with zero attached hydrogens (tertiary/aromatic N) is 1. The Kier molecular flexibility index (Phi) is 2.82. The summed E-state index contributed by atoms with van der Waals surface area (Å²) in [5.41, 5.74) is -0.400. The molecule has 0 unspecified atom stereocenters. The normalized spacial score (nSPS) is 9.77. The van der Waals surface area contributed by atoms with Gasteiger partial charge in [0.2, 0.25) is 5.75 Å². The molecular formula is C7H5BrFNO3. The van der Waals surface area contributed by atoms with Gasteiger partial charge in [-0.15, -0.1) is 0 Å². The van der Waals surface area contributed by atoms with E-state index in [1.165, 1.54) is 13.2 Å². The highest BCUT2D eigenvalue weighted by Crippen LogP contribution is 2.36. The molecule has 0 N–H and O–H groups in total. The number of nitro groups is 1. The van der Waals surface area contributed by atoms with E-state index in [9.17, 15) is 14.5 Å². The van der Waals surface area contributed by atoms with Crippen molar-refractivity contribution in [1.82, 2.24) is 0 Å². The molecule has 0 aliphatic rings. The van der Waals surface area contributed by atoms with Crippen LogP contribution in [0.2, 0.25) is 0 Å². The molecule has 0 atom stereocenters. The number of rotatable bonds is 2. The van der Waals surface area contributed by atoms with Crippen molar-refractivity contribution in [1.29, 1.82) is 0 Å². The average Bonchev–Trinajstić information content (AvgIpc) is 2.07. The number of nitro benzene ring substituents is 1. The predicted molar refractivity (Wildman–Crippen MR) is 47.3 cm³/mol. The first-order valence-corrected chi connectivity index (χ1v) is 4.03. The molecule has 0 amide bonds. The molecule has 0 fully saturated rings. The Hall–Kier alpha value is -1.17. The minimum absolute atomic E-state index is 0.191. The number of hydrogen-bond acceptors (Lipinski definition) is 3. The van der Waals surface area contributed by atoms with Gasteiger partial charge in [-0.25, -0.2) is 4.39 Å². The van der Waals surface area contributed by atoms with Gasteiger partial charge in [-0.05, 0) is 28.1 Å². The van der Waals surface area contributed by atoms with Gasteiger partial charge in [0, 0.05) is 0 Å². The van der Waals surface area contributed by atoms with E-state index in [-0.39, 0.29) is 10.2 Å². The van der Waals surface area contributed by atoms with Gasteiger partial charge < -0.3 is 4.74 Å². The lowest BCUT2D eigenvalue weighted by Gasteiger charge is -2.03. The second kappa shape index (κ2) is 3.69. The molecule has 0 radical (unpaired) electrons. The number of hydrogen-bond donors (Lipinski definition) is 0. The van der Waals surface area contributed by atoms with Crippen LogP contribution in [0.25, 0.3) is 0 Å². The van der Waals surface area contributed by atoms with Crippen molar-refractivity contribution in [2.45, 2.75) is 0 Å². The molecule has 0 saturated carbocycles. The van der Waals surface area contributed by atoms with Crippen molar-refractivity contribution in [3.63, 3.8) is 0 Å². The Morgan fingerprint density at radius 3 is 2.62 bits per heavy atom. The SMILES string of the molecule is COc1c(F)ccc(Br)c1[N+](=O)[O-]. The molecule has 0 aromatic heterocycles. The maximum atomic E-state index is 12.9. The van der Waals surface area contributed by atoms with Crippen LogP contribution < -0.4 is 4.74 Å². The zero-order valence-electron chi connectivity index (χ0n) is 6.58. The second-order valence-electron chi connectivity index (χ2n) is 2.17. The smallest absolute Gasteiger partial charge is 0.328 e. The third-order valence-corrected chi connectivity index (χ3v) is 2.06. The Morgan fingerprint density at radius 2 is 2.23 bits per heavy atom. The summed E-state index contributed by atoms with van der Waals surface area (Å²) >= 11 is 2.93. The Labute approximate surface area is 81.6 Å². The summed E-state index contributed by atoms with van der Waals surface area (Å²) in [5, 5.41) is 10.5. The van der Waals surface area contributed by atoms with Gasteiger partial charge in [0.05, 0.1) is 16.5 Å². The number of halogens is 2. The van der Waals surface area contributed by atoms with Gasteiger partial charge in [0.1, 0.15) is 0 Å². The zero-order valence-corrected chi connectivity index (χ0v) is 8.17. The fourth-order valence-electron chi connectivity index (χ4n) is 0.887. The molecule has 6 heteroatoms. The van der Waals surface area contributed by atoms with Crippen molar-refractivity contribution < 1.29 is 14.1 Å². The minimum atomic E-state index is -0.752. The molecule has 4 nitrogen and oxygen atoms in total. The summed E-state index contributed by atoms with van der Waals surface area (Å²) in [6.07, 6.45) is 0. The standard InChI is InChI=1S/C7H5BrFNO3/c1-13-7-5(9)3-2-4(8)6(7)10(11)12/h2-3H,1H3. The van der Waals surface area contributed by atoms with Crippen molar-refractivity contribution in [3.05, 3.63) is 32.5 Å². The van der Waals surface area contributed by atoms with Gasteiger partial charge in [-0.3, -0.25) is 10.1 Å². The first-order chi connectivity index (χ1) is 6.07. The van der Waals surface area contributed by atoms with Gasteiger partial charge in [-0.1, -0.05) is 0 Å². The van der Waals surface area contributed by atoms with E-state index in [0.29, 0.717) is 0 Å². The largest absolute Gasteiger partial charge is 0.488 e. The van der Waals surface area contributed by atoms with Crippen molar-refractivity contribution in [2.75, 3.05) is 7.11 Å². The van der Waals surface area contributed by atoms with Crippen LogP contribution in [0.5, 0.6) is 5.75 Å². The molecule has 1 rings (SSSR count). The third kappa shape index (κ3) is 1.77. The molecule has 0 bridgehead atoms. The van der Waals surface area contributed by atoms with E-state index in [1.54, 1.807) is 0 Å². The maximum Gasteiger partial charge on any atom is 0.328 e. The summed E-state index contributed by atoms with van der Waals surface area (Å²) in [4.78, 5) is 9.78. The number of methoxy groups -OCH3 is 1. The highest BCUT2D eigenvalue weighted by molar-refractivity contribution is 9.10. The molecule has 0 saturated heterocycles. The van der Waals surface area contributed by atoms with Crippen LogP contribution in [0.4, 0.5) is 10.1 Å². The molecule has 13 heavy (non-hydrogen) atoms. The van der Waals surface area contributed by atoms with E-state index in [4.69, 9.17) is 0 Å². The summed E-state index contributed by atoms with van der Waals surface area (Å²) in [6, 6.07) is 2.35. The van der Waals surface area contributed by atoms with Crippen LogP contribution in [0.1, 0.15) is 0 Å². The first-order valence-electron chi connectivity index (χ1n) is 3.24. The molecule has 0 aliphatic carbocycles. The van der Waals surface area contributed by atoms with Gasteiger partial charge in [0.25, 0.3) is 0 Å². The highest BCUT2D eigenvalue weighted by atomic mass is 79.9. The van der Waals surface area contributed by atoms with E-state index < -0.39 is 16.4 Å². The Balaban J connectivity index is 3.43. The minimum Gasteiger partial charge on any atom is -0.488 e. The maximum absolute atomic E-state index is 12.9. The average molecular weight is 250 g/mol. The Morgan fingerprint density at radius 1 is 1.62 bits per heavy atom. The molecule has 1 aromatic carbocycles. The number of ether oxygens (including phenoxy) is 1. The van der Waals surface area contributed by atoms with Gasteiger partial charge in [-0.2, -0.15) is 0 Å². The Bertz CT molecular complexity index is 356. The van der Waals surface area contributed by atoms with E-state index in [0.717, 1.165) is 6.07 Å². The van der Waals surface area contributed by atoms with Crippen LogP contribution in [-0.2, 0) is 0 Å². The van der Waals surface area contributed by atoms with Crippen molar-refractivity contribution in [3.8, 4) is 5.75 Å². The summed E-state index contributed by atoms with van der Waals surface area (Å²) < 4.78 is 17.7. The monoisotopic (exact) mass is 249 g/mol. The van der Waals surface area contributed by atoms with E-state index in [2.05, 4.69) is 20.7 Å². The molecule has 0 heterocycles. The molecule has 0 spiro atoms. The lowest BCUT2D eigenvalue weighted by atomic mass is 10.3. The fourth-order valence-corrected chi connectivity index (χ4v) is 1.34. The second-order valence-corrected chi connectivity index (χ2v) is 3.02. The van der Waals surface area contributed by atoms with Crippen LogP contribution in [0, 0.1) is 15.9 Å². The molecule has 1 aromatic rings. The number of benzene rings is 1. The summed E-state index contributed by atoms with van der Waals surface area (Å²) in [7, 11) is 1.18. The predicted octanol–water partition coefficient (Wildman–Crippen LogP) is 2.51. The molecular weight excluding hydrogens is 245 g/mol. The van der Waals surface area contributed by atoms with Gasteiger partial charge in [0.15, 0.2) is 5.82 Å². The zero-order chi connectivity index (χ0) is 10.0. The van der Waals surface area contributed by atoms with Crippen molar-refractivity contribution in [2.24, 2.45) is 0 Å². The lowest BCUT2D eigenvalue weighted by Crippen LogP contribution is -1.97. The quantitative estimate of drug-likeness (QED) is 0.598. The fraction of sp³-hybridized carbons (Fsp3) is 0.143. The van der Waals surface area contributed by atoms with Crippen LogP contribution >= 0.6 is 15.9 Å². The van der Waals surface area contributed by atoms with Crippen LogP contribution in [-0.4, -0.2) is 12.0 Å². The van der Waals surface area contributed by atoms with Gasteiger partial charge >= 0.3 is 5.69 Å². The van der Waals surface area contributed by atoms with Crippen LogP contribution in [0.3, 0.4) is 0 Å². The topological polar surface area (TPSA) is 52.4 Å². The summed E-state index contributed by atoms with van der Waals surface area (Å²) in [5.74, 6) is -1.11. The first kappa shape index (κ1) is 9.91.